The molecular weight excluding hydrogens is 198 g/mol. The molecule has 0 radical (unpaired) electrons. The van der Waals surface area contributed by atoms with E-state index >= 15 is 0 Å². The van der Waals surface area contributed by atoms with Crippen LogP contribution in [-0.4, -0.2) is 25.3 Å². The van der Waals surface area contributed by atoms with Gasteiger partial charge in [-0.2, -0.15) is 0 Å². The lowest BCUT2D eigenvalue weighted by molar-refractivity contribution is 0.140. The second-order valence-electron chi connectivity index (χ2n) is 6.35. The lowest BCUT2D eigenvalue weighted by atomic mass is 9.75. The molecule has 2 nitrogen and oxygen atoms in total. The van der Waals surface area contributed by atoms with Crippen LogP contribution in [0.4, 0.5) is 0 Å². The molecule has 1 aliphatic carbocycles. The summed E-state index contributed by atoms with van der Waals surface area (Å²) in [5.74, 6) is 0. The summed E-state index contributed by atoms with van der Waals surface area (Å²) in [6.07, 6.45) is 9.24. The van der Waals surface area contributed by atoms with Crippen LogP contribution in [0.2, 0.25) is 0 Å². The molecule has 0 spiro atoms. The van der Waals surface area contributed by atoms with Gasteiger partial charge in [0, 0.05) is 25.3 Å². The van der Waals surface area contributed by atoms with Crippen LogP contribution in [0, 0.1) is 5.41 Å². The second-order valence-corrected chi connectivity index (χ2v) is 6.35. The molecule has 1 saturated heterocycles. The summed E-state index contributed by atoms with van der Waals surface area (Å²) in [7, 11) is 0. The van der Waals surface area contributed by atoms with Crippen molar-refractivity contribution in [2.45, 2.75) is 70.9 Å². The topological polar surface area (TPSA) is 21.3 Å². The smallest absolute Gasteiger partial charge is 0.0480 e. The Hall–Kier alpha value is -0.0800. The Balaban J connectivity index is 1.73. The maximum Gasteiger partial charge on any atom is 0.0480 e. The zero-order valence-electron chi connectivity index (χ0n) is 10.9. The third kappa shape index (κ3) is 3.74. The molecule has 16 heavy (non-hydrogen) atoms. The van der Waals surface area contributed by atoms with Crippen LogP contribution in [0.15, 0.2) is 0 Å². The standard InChI is InChI=1S/C14H27NO/c1-14(2)8-5-13(6-9-14)15-12-4-3-10-16-11-7-12/h12-13,15H,3-11H2,1-2H3. The lowest BCUT2D eigenvalue weighted by Crippen LogP contribution is -2.41. The summed E-state index contributed by atoms with van der Waals surface area (Å²) in [6, 6.07) is 1.49. The molecule has 1 N–H and O–H groups in total. The lowest BCUT2D eigenvalue weighted by Gasteiger charge is -2.36. The van der Waals surface area contributed by atoms with E-state index in [1.807, 2.05) is 0 Å². The Morgan fingerprint density at radius 2 is 1.62 bits per heavy atom. The van der Waals surface area contributed by atoms with Crippen molar-refractivity contribution in [2.24, 2.45) is 5.41 Å². The molecule has 0 amide bonds. The van der Waals surface area contributed by atoms with Crippen LogP contribution in [-0.2, 0) is 4.74 Å². The molecule has 94 valence electrons. The van der Waals surface area contributed by atoms with Gasteiger partial charge >= 0.3 is 0 Å². The number of hydrogen-bond acceptors (Lipinski definition) is 2. The predicted octanol–water partition coefficient (Wildman–Crippen LogP) is 3.11. The summed E-state index contributed by atoms with van der Waals surface area (Å²) >= 11 is 0. The van der Waals surface area contributed by atoms with E-state index in [-0.39, 0.29) is 0 Å². The first kappa shape index (κ1) is 12.4. The first-order chi connectivity index (χ1) is 7.66. The summed E-state index contributed by atoms with van der Waals surface area (Å²) in [6.45, 7) is 6.73. The van der Waals surface area contributed by atoms with Crippen molar-refractivity contribution in [1.29, 1.82) is 0 Å². The van der Waals surface area contributed by atoms with E-state index in [0.717, 1.165) is 19.3 Å². The maximum atomic E-state index is 5.51. The molecule has 0 aromatic carbocycles. The minimum absolute atomic E-state index is 0.588. The monoisotopic (exact) mass is 225 g/mol. The third-order valence-electron chi connectivity index (χ3n) is 4.26. The van der Waals surface area contributed by atoms with Gasteiger partial charge in [-0.15, -0.1) is 0 Å². The Kier molecular flexibility index (Phi) is 4.26. The van der Waals surface area contributed by atoms with Crippen LogP contribution in [0.25, 0.3) is 0 Å². The highest BCUT2D eigenvalue weighted by atomic mass is 16.5. The largest absolute Gasteiger partial charge is 0.381 e. The highest BCUT2D eigenvalue weighted by Gasteiger charge is 2.27. The van der Waals surface area contributed by atoms with Crippen molar-refractivity contribution in [2.75, 3.05) is 13.2 Å². The maximum absolute atomic E-state index is 5.51. The molecule has 0 bridgehead atoms. The zero-order chi connectivity index (χ0) is 11.4. The van der Waals surface area contributed by atoms with Gasteiger partial charge in [-0.25, -0.2) is 0 Å². The summed E-state index contributed by atoms with van der Waals surface area (Å²) in [4.78, 5) is 0. The van der Waals surface area contributed by atoms with Gasteiger partial charge in [0.05, 0.1) is 0 Å². The van der Waals surface area contributed by atoms with E-state index in [4.69, 9.17) is 4.74 Å². The molecule has 2 fully saturated rings. The third-order valence-corrected chi connectivity index (χ3v) is 4.26. The van der Waals surface area contributed by atoms with E-state index in [2.05, 4.69) is 19.2 Å². The summed E-state index contributed by atoms with van der Waals surface area (Å²) in [5, 5.41) is 3.86. The normalized spacial score (nSPS) is 32.2. The van der Waals surface area contributed by atoms with E-state index in [0.29, 0.717) is 11.5 Å². The highest BCUT2D eigenvalue weighted by molar-refractivity contribution is 4.84. The van der Waals surface area contributed by atoms with E-state index in [1.54, 1.807) is 0 Å². The molecule has 1 saturated carbocycles. The molecule has 2 heteroatoms. The second kappa shape index (κ2) is 5.50. The van der Waals surface area contributed by atoms with Crippen LogP contribution in [0.5, 0.6) is 0 Å². The van der Waals surface area contributed by atoms with Gasteiger partial charge < -0.3 is 10.1 Å². The number of hydrogen-bond donors (Lipinski definition) is 1. The molecule has 2 rings (SSSR count). The number of ether oxygens (including phenoxy) is 1. The minimum atomic E-state index is 0.588. The fourth-order valence-corrected chi connectivity index (χ4v) is 2.97. The predicted molar refractivity (Wildman–Crippen MR) is 67.6 cm³/mol. The zero-order valence-corrected chi connectivity index (χ0v) is 10.9. The molecule has 1 atom stereocenters. The molecule has 1 unspecified atom stereocenters. The Labute approximate surface area is 100 Å². The quantitative estimate of drug-likeness (QED) is 0.779. The van der Waals surface area contributed by atoms with Crippen molar-refractivity contribution in [3.05, 3.63) is 0 Å². The van der Waals surface area contributed by atoms with Gasteiger partial charge in [-0.05, 0) is 50.4 Å². The highest BCUT2D eigenvalue weighted by Crippen LogP contribution is 2.35. The van der Waals surface area contributed by atoms with Crippen molar-refractivity contribution in [3.8, 4) is 0 Å². The molecule has 1 heterocycles. The van der Waals surface area contributed by atoms with E-state index in [1.165, 1.54) is 44.9 Å². The average Bonchev–Trinajstić information content (AvgIpc) is 2.50. The number of nitrogens with one attached hydrogen (secondary N) is 1. The van der Waals surface area contributed by atoms with Crippen LogP contribution in [0.1, 0.15) is 58.8 Å². The van der Waals surface area contributed by atoms with Crippen molar-refractivity contribution in [1.82, 2.24) is 5.32 Å². The van der Waals surface area contributed by atoms with E-state index in [9.17, 15) is 0 Å². The molecule has 1 aliphatic heterocycles. The van der Waals surface area contributed by atoms with Gasteiger partial charge in [0.15, 0.2) is 0 Å². The molecule has 2 aliphatic rings. The molecular formula is C14H27NO. The summed E-state index contributed by atoms with van der Waals surface area (Å²) in [5.41, 5.74) is 0.588. The average molecular weight is 225 g/mol. The van der Waals surface area contributed by atoms with Gasteiger partial charge in [-0.1, -0.05) is 13.8 Å². The summed E-state index contributed by atoms with van der Waals surface area (Å²) < 4.78 is 5.51. The fraction of sp³-hybridized carbons (Fsp3) is 1.00. The molecule has 0 aromatic rings. The van der Waals surface area contributed by atoms with Gasteiger partial charge in [0.25, 0.3) is 0 Å². The Morgan fingerprint density at radius 1 is 0.938 bits per heavy atom. The van der Waals surface area contributed by atoms with Crippen LogP contribution in [0.3, 0.4) is 0 Å². The fourth-order valence-electron chi connectivity index (χ4n) is 2.97. The van der Waals surface area contributed by atoms with Crippen LogP contribution >= 0.6 is 0 Å². The van der Waals surface area contributed by atoms with Crippen molar-refractivity contribution < 1.29 is 4.74 Å². The first-order valence-electron chi connectivity index (χ1n) is 6.99. The van der Waals surface area contributed by atoms with Crippen LogP contribution < -0.4 is 5.32 Å². The van der Waals surface area contributed by atoms with Gasteiger partial charge in [0.1, 0.15) is 0 Å². The van der Waals surface area contributed by atoms with Crippen molar-refractivity contribution in [3.63, 3.8) is 0 Å². The number of rotatable bonds is 2. The van der Waals surface area contributed by atoms with Gasteiger partial charge in [0.2, 0.25) is 0 Å². The van der Waals surface area contributed by atoms with E-state index < -0.39 is 0 Å². The molecule has 0 aromatic heterocycles. The first-order valence-corrected chi connectivity index (χ1v) is 6.99. The SMILES string of the molecule is CC1(C)CCC(NC2CCCOCC2)CC1. The van der Waals surface area contributed by atoms with Crippen molar-refractivity contribution >= 4 is 0 Å². The Morgan fingerprint density at radius 3 is 2.38 bits per heavy atom. The van der Waals surface area contributed by atoms with Gasteiger partial charge in [-0.3, -0.25) is 0 Å². The minimum Gasteiger partial charge on any atom is -0.381 e. The Bertz CT molecular complexity index is 197.